The second kappa shape index (κ2) is 6.86. The summed E-state index contributed by atoms with van der Waals surface area (Å²) in [5.74, 6) is 0.611. The van der Waals surface area contributed by atoms with Gasteiger partial charge in [-0.1, -0.05) is 18.2 Å². The number of para-hydroxylation sites is 1. The van der Waals surface area contributed by atoms with E-state index in [1.807, 2.05) is 43.1 Å². The fraction of sp³-hybridized carbons (Fsp3) is 0.389. The number of aliphatic hydroxyl groups is 3. The number of benzene rings is 1. The van der Waals surface area contributed by atoms with Gasteiger partial charge in [0.15, 0.2) is 23.2 Å². The first kappa shape index (κ1) is 17.8. The molecule has 0 spiro atoms. The molecule has 3 aromatic rings. The fourth-order valence-electron chi connectivity index (χ4n) is 3.43. The Morgan fingerprint density at radius 1 is 1.15 bits per heavy atom. The first-order valence-corrected chi connectivity index (χ1v) is 8.62. The van der Waals surface area contributed by atoms with Crippen LogP contribution in [0.1, 0.15) is 11.8 Å². The fourth-order valence-corrected chi connectivity index (χ4v) is 3.43. The maximum Gasteiger partial charge on any atom is 0.167 e. The van der Waals surface area contributed by atoms with Crippen molar-refractivity contribution in [3.8, 4) is 0 Å². The van der Waals surface area contributed by atoms with Crippen LogP contribution in [0.3, 0.4) is 0 Å². The predicted molar refractivity (Wildman–Crippen MR) is 97.6 cm³/mol. The lowest BCUT2D eigenvalue weighted by Crippen LogP contribution is -2.33. The molecule has 2 aromatic heterocycles. The molecule has 0 amide bonds. The molecule has 0 radical (unpaired) electrons. The van der Waals surface area contributed by atoms with Crippen molar-refractivity contribution < 1.29 is 20.1 Å². The number of aliphatic hydroxyl groups excluding tert-OH is 3. The summed E-state index contributed by atoms with van der Waals surface area (Å²) in [5.41, 5.74) is 3.09. The highest BCUT2D eigenvalue weighted by Gasteiger charge is 2.44. The second-order valence-corrected chi connectivity index (χ2v) is 6.60. The van der Waals surface area contributed by atoms with Crippen molar-refractivity contribution >= 4 is 22.7 Å². The minimum absolute atomic E-state index is 0.391. The third-order valence-corrected chi connectivity index (χ3v) is 4.93. The largest absolute Gasteiger partial charge is 0.394 e. The van der Waals surface area contributed by atoms with Crippen LogP contribution in [0, 0.1) is 6.92 Å². The molecule has 3 heterocycles. The molecule has 0 saturated carbocycles. The number of rotatable bonds is 4. The summed E-state index contributed by atoms with van der Waals surface area (Å²) in [6.07, 6.45) is -1.23. The lowest BCUT2D eigenvalue weighted by atomic mass is 10.1. The number of fused-ring (bicyclic) bond motifs is 1. The third kappa shape index (κ3) is 2.85. The van der Waals surface area contributed by atoms with E-state index >= 15 is 0 Å². The lowest BCUT2D eigenvalue weighted by Gasteiger charge is -2.21. The molecule has 9 nitrogen and oxygen atoms in total. The number of hydrogen-bond acceptors (Lipinski definition) is 8. The van der Waals surface area contributed by atoms with E-state index in [0.29, 0.717) is 17.0 Å². The van der Waals surface area contributed by atoms with Crippen molar-refractivity contribution in [2.24, 2.45) is 0 Å². The van der Waals surface area contributed by atoms with Gasteiger partial charge in [-0.25, -0.2) is 15.0 Å². The zero-order chi connectivity index (χ0) is 19.1. The molecule has 142 valence electrons. The Labute approximate surface area is 155 Å². The van der Waals surface area contributed by atoms with Crippen LogP contribution in [0.2, 0.25) is 0 Å². The van der Waals surface area contributed by atoms with Crippen LogP contribution in [-0.4, -0.2) is 66.8 Å². The van der Waals surface area contributed by atoms with Crippen molar-refractivity contribution in [1.29, 1.82) is 0 Å². The van der Waals surface area contributed by atoms with Gasteiger partial charge in [0.2, 0.25) is 0 Å². The molecule has 1 aliphatic heterocycles. The zero-order valence-electron chi connectivity index (χ0n) is 15.0. The van der Waals surface area contributed by atoms with Gasteiger partial charge in [-0.2, -0.15) is 0 Å². The third-order valence-electron chi connectivity index (χ3n) is 4.93. The quantitative estimate of drug-likeness (QED) is 0.608. The number of aryl methyl sites for hydroxylation is 1. The van der Waals surface area contributed by atoms with Gasteiger partial charge < -0.3 is 25.0 Å². The molecule has 1 fully saturated rings. The molecular weight excluding hydrogens is 350 g/mol. The number of ether oxygens (including phenoxy) is 1. The molecule has 4 atom stereocenters. The topological polar surface area (TPSA) is 117 Å². The van der Waals surface area contributed by atoms with E-state index in [0.717, 1.165) is 11.3 Å². The van der Waals surface area contributed by atoms with Gasteiger partial charge in [0, 0.05) is 12.7 Å². The van der Waals surface area contributed by atoms with Gasteiger partial charge in [-0.3, -0.25) is 4.57 Å². The van der Waals surface area contributed by atoms with Crippen molar-refractivity contribution in [3.05, 3.63) is 42.5 Å². The van der Waals surface area contributed by atoms with E-state index in [1.165, 1.54) is 12.7 Å². The van der Waals surface area contributed by atoms with E-state index in [4.69, 9.17) is 4.74 Å². The monoisotopic (exact) mass is 371 g/mol. The Hall–Kier alpha value is -2.59. The molecule has 1 unspecified atom stereocenters. The summed E-state index contributed by atoms with van der Waals surface area (Å²) in [5, 5.41) is 29.6. The van der Waals surface area contributed by atoms with Gasteiger partial charge in [-0.15, -0.1) is 0 Å². The summed E-state index contributed by atoms with van der Waals surface area (Å²) in [6, 6.07) is 7.93. The van der Waals surface area contributed by atoms with Crippen LogP contribution in [0.5, 0.6) is 0 Å². The molecule has 27 heavy (non-hydrogen) atoms. The van der Waals surface area contributed by atoms with Gasteiger partial charge in [0.1, 0.15) is 24.6 Å². The Morgan fingerprint density at radius 3 is 2.63 bits per heavy atom. The van der Waals surface area contributed by atoms with Gasteiger partial charge >= 0.3 is 0 Å². The molecule has 1 aliphatic rings. The summed E-state index contributed by atoms with van der Waals surface area (Å²) < 4.78 is 7.14. The number of hydrogen-bond donors (Lipinski definition) is 3. The maximum atomic E-state index is 10.3. The molecule has 0 aliphatic carbocycles. The second-order valence-electron chi connectivity index (χ2n) is 6.60. The Kier molecular flexibility index (Phi) is 4.52. The summed E-state index contributed by atoms with van der Waals surface area (Å²) in [6.45, 7) is 1.62. The van der Waals surface area contributed by atoms with Gasteiger partial charge in [0.25, 0.3) is 0 Å². The molecule has 1 saturated heterocycles. The SMILES string of the molecule is Cc1ccccc1N(C)c1ncnc2c1ncn2C1O[C@H](CO)[C@@H](O)[C@H]1O. The van der Waals surface area contributed by atoms with Gasteiger partial charge in [-0.05, 0) is 18.6 Å². The maximum absolute atomic E-state index is 10.3. The molecule has 0 bridgehead atoms. The highest BCUT2D eigenvalue weighted by Crippen LogP contribution is 2.34. The van der Waals surface area contributed by atoms with E-state index in [2.05, 4.69) is 15.0 Å². The normalized spacial score (nSPS) is 25.2. The molecule has 4 rings (SSSR count). The standard InChI is InChI=1S/C18H21N5O4/c1-10-5-3-4-6-11(10)22(2)16-13-17(20-8-19-16)23(9-21-13)18-15(26)14(25)12(7-24)27-18/h3-6,8-9,12,14-15,18,24-26H,7H2,1-2H3/t12-,14-,15-,18?/m1/s1. The Morgan fingerprint density at radius 2 is 1.93 bits per heavy atom. The lowest BCUT2D eigenvalue weighted by molar-refractivity contribution is -0.0511. The highest BCUT2D eigenvalue weighted by molar-refractivity contribution is 5.86. The average Bonchev–Trinajstić information content (AvgIpc) is 3.23. The molecule has 3 N–H and O–H groups in total. The minimum atomic E-state index is -1.20. The number of nitrogens with zero attached hydrogens (tertiary/aromatic N) is 5. The smallest absolute Gasteiger partial charge is 0.167 e. The summed E-state index contributed by atoms with van der Waals surface area (Å²) in [4.78, 5) is 15.0. The molecular formula is C18H21N5O4. The Bertz CT molecular complexity index is 962. The van der Waals surface area contributed by atoms with Crippen molar-refractivity contribution in [2.45, 2.75) is 31.5 Å². The van der Waals surface area contributed by atoms with E-state index in [-0.39, 0.29) is 0 Å². The zero-order valence-corrected chi connectivity index (χ0v) is 15.0. The van der Waals surface area contributed by atoms with Gasteiger partial charge in [0.05, 0.1) is 12.9 Å². The van der Waals surface area contributed by atoms with Crippen molar-refractivity contribution in [2.75, 3.05) is 18.6 Å². The van der Waals surface area contributed by atoms with Crippen molar-refractivity contribution in [3.63, 3.8) is 0 Å². The minimum Gasteiger partial charge on any atom is -0.394 e. The highest BCUT2D eigenvalue weighted by atomic mass is 16.6. The summed E-state index contributed by atoms with van der Waals surface area (Å²) >= 11 is 0. The van der Waals surface area contributed by atoms with Crippen LogP contribution in [0.15, 0.2) is 36.9 Å². The van der Waals surface area contributed by atoms with Crippen LogP contribution < -0.4 is 4.90 Å². The van der Waals surface area contributed by atoms with Crippen molar-refractivity contribution in [1.82, 2.24) is 19.5 Å². The van der Waals surface area contributed by atoms with Crippen LogP contribution >= 0.6 is 0 Å². The number of imidazole rings is 1. The first-order chi connectivity index (χ1) is 13.0. The first-order valence-electron chi connectivity index (χ1n) is 8.62. The number of anilines is 2. The van der Waals surface area contributed by atoms with E-state index < -0.39 is 31.1 Å². The Balaban J connectivity index is 1.76. The average molecular weight is 371 g/mol. The summed E-state index contributed by atoms with van der Waals surface area (Å²) in [7, 11) is 1.90. The number of aromatic nitrogens is 4. The van der Waals surface area contributed by atoms with E-state index in [1.54, 1.807) is 4.57 Å². The van der Waals surface area contributed by atoms with Crippen LogP contribution in [0.4, 0.5) is 11.5 Å². The molecule has 1 aromatic carbocycles. The predicted octanol–water partition coefficient (Wildman–Crippen LogP) is 0.514. The van der Waals surface area contributed by atoms with E-state index in [9.17, 15) is 15.3 Å². The van der Waals surface area contributed by atoms with Crippen LogP contribution in [-0.2, 0) is 4.74 Å². The molecule has 9 heteroatoms. The van der Waals surface area contributed by atoms with Crippen LogP contribution in [0.25, 0.3) is 11.2 Å².